The van der Waals surface area contributed by atoms with Crippen molar-refractivity contribution in [3.63, 3.8) is 0 Å². The number of ether oxygens (including phenoxy) is 4. The first kappa shape index (κ1) is 24.7. The van der Waals surface area contributed by atoms with Crippen LogP contribution in [-0.2, 0) is 11.2 Å². The third kappa shape index (κ3) is 5.28. The van der Waals surface area contributed by atoms with Crippen LogP contribution in [0.1, 0.15) is 43.4 Å². The molecule has 0 amide bonds. The van der Waals surface area contributed by atoms with Crippen molar-refractivity contribution in [3.05, 3.63) is 94.9 Å². The predicted octanol–water partition coefficient (Wildman–Crippen LogP) is 5.24. The van der Waals surface area contributed by atoms with Gasteiger partial charge in [0.15, 0.2) is 6.10 Å². The number of benzene rings is 3. The zero-order chi connectivity index (χ0) is 25.7. The number of nitrogens with zero attached hydrogens (tertiary/aromatic N) is 1. The van der Waals surface area contributed by atoms with E-state index < -0.39 is 18.0 Å². The van der Waals surface area contributed by atoms with Crippen molar-refractivity contribution in [2.24, 2.45) is 5.73 Å². The van der Waals surface area contributed by atoms with Crippen LogP contribution in [-0.4, -0.2) is 18.7 Å². The van der Waals surface area contributed by atoms with Crippen molar-refractivity contribution in [1.29, 1.82) is 5.26 Å². The molecule has 0 saturated heterocycles. The Morgan fingerprint density at radius 2 is 1.81 bits per heavy atom. The molecule has 184 valence electrons. The first-order valence-electron chi connectivity index (χ1n) is 11.8. The molecule has 1 heterocycles. The summed E-state index contributed by atoms with van der Waals surface area (Å²) >= 11 is 0. The number of nitriles is 1. The molecule has 0 aliphatic carbocycles. The van der Waals surface area contributed by atoms with Crippen LogP contribution in [0.5, 0.6) is 23.0 Å². The van der Waals surface area contributed by atoms with E-state index in [1.165, 1.54) is 5.56 Å². The van der Waals surface area contributed by atoms with Crippen LogP contribution >= 0.6 is 0 Å². The smallest absolute Gasteiger partial charge is 0.352 e. The van der Waals surface area contributed by atoms with Gasteiger partial charge in [-0.15, -0.1) is 0 Å². The minimum Gasteiger partial charge on any atom is -0.494 e. The maximum atomic E-state index is 12.7. The van der Waals surface area contributed by atoms with Crippen molar-refractivity contribution < 1.29 is 23.7 Å². The summed E-state index contributed by atoms with van der Waals surface area (Å²) in [7, 11) is 0. The Kier molecular flexibility index (Phi) is 7.45. The fraction of sp³-hybridized carbons (Fsp3) is 0.241. The summed E-state index contributed by atoms with van der Waals surface area (Å²) in [6, 6.07) is 22.3. The highest BCUT2D eigenvalue weighted by Crippen LogP contribution is 2.44. The van der Waals surface area contributed by atoms with E-state index in [1.807, 2.05) is 55.5 Å². The van der Waals surface area contributed by atoms with Gasteiger partial charge in [0.1, 0.15) is 34.6 Å². The maximum absolute atomic E-state index is 12.7. The highest BCUT2D eigenvalue weighted by Gasteiger charge is 2.31. The highest BCUT2D eigenvalue weighted by atomic mass is 16.6. The fourth-order valence-electron chi connectivity index (χ4n) is 4.05. The summed E-state index contributed by atoms with van der Waals surface area (Å²) in [6.45, 7) is 6.14. The van der Waals surface area contributed by atoms with Crippen LogP contribution in [0.3, 0.4) is 0 Å². The summed E-state index contributed by atoms with van der Waals surface area (Å²) in [5.41, 5.74) is 9.17. The second kappa shape index (κ2) is 10.9. The van der Waals surface area contributed by atoms with Gasteiger partial charge in [-0.05, 0) is 61.7 Å². The Morgan fingerprint density at radius 3 is 2.50 bits per heavy atom. The number of allylic oxidation sites excluding steroid dienone is 1. The average molecular weight is 485 g/mol. The van der Waals surface area contributed by atoms with Gasteiger partial charge in [-0.25, -0.2) is 4.79 Å². The Labute approximate surface area is 210 Å². The minimum absolute atomic E-state index is 0.00696. The Balaban J connectivity index is 1.55. The molecule has 3 aromatic rings. The van der Waals surface area contributed by atoms with Gasteiger partial charge in [0.25, 0.3) is 0 Å². The molecule has 0 saturated carbocycles. The first-order valence-corrected chi connectivity index (χ1v) is 11.8. The zero-order valence-electron chi connectivity index (χ0n) is 20.5. The molecule has 0 spiro atoms. The third-order valence-corrected chi connectivity index (χ3v) is 5.89. The number of carbonyl (C=O) groups excluding carboxylic acids is 1. The topological polar surface area (TPSA) is 104 Å². The largest absolute Gasteiger partial charge is 0.494 e. The number of aryl methyl sites for hydroxylation is 1. The summed E-state index contributed by atoms with van der Waals surface area (Å²) in [4.78, 5) is 12.7. The van der Waals surface area contributed by atoms with Crippen molar-refractivity contribution in [1.82, 2.24) is 0 Å². The number of nitrogens with two attached hydrogens (primary N) is 1. The Bertz CT molecular complexity index is 1320. The number of fused-ring (bicyclic) bond motifs is 1. The minimum atomic E-state index is -0.821. The van der Waals surface area contributed by atoms with Crippen LogP contribution < -0.4 is 24.7 Å². The molecule has 0 radical (unpaired) electrons. The van der Waals surface area contributed by atoms with Crippen molar-refractivity contribution >= 4 is 5.97 Å². The van der Waals surface area contributed by atoms with Crippen molar-refractivity contribution in [3.8, 4) is 29.1 Å². The zero-order valence-corrected chi connectivity index (χ0v) is 20.5. The molecule has 3 aromatic carbocycles. The van der Waals surface area contributed by atoms with Gasteiger partial charge in [0, 0.05) is 11.6 Å². The second-order valence-electron chi connectivity index (χ2n) is 8.31. The summed E-state index contributed by atoms with van der Waals surface area (Å²) in [6.07, 6.45) is 0.103. The van der Waals surface area contributed by atoms with E-state index in [0.29, 0.717) is 29.4 Å². The van der Waals surface area contributed by atoms with E-state index in [9.17, 15) is 10.1 Å². The van der Waals surface area contributed by atoms with Gasteiger partial charge in [-0.1, -0.05) is 37.3 Å². The van der Waals surface area contributed by atoms with Gasteiger partial charge in [0.05, 0.1) is 12.5 Å². The van der Waals surface area contributed by atoms with Crippen LogP contribution in [0.4, 0.5) is 0 Å². The van der Waals surface area contributed by atoms with Crippen LogP contribution in [0.15, 0.2) is 78.2 Å². The van der Waals surface area contributed by atoms with Gasteiger partial charge in [0.2, 0.25) is 5.88 Å². The molecular weight excluding hydrogens is 456 g/mol. The molecular formula is C29H28N2O5. The predicted molar refractivity (Wildman–Crippen MR) is 135 cm³/mol. The quantitative estimate of drug-likeness (QED) is 0.344. The normalized spacial score (nSPS) is 15.2. The lowest BCUT2D eigenvalue weighted by atomic mass is 9.83. The van der Waals surface area contributed by atoms with Crippen LogP contribution in [0.25, 0.3) is 0 Å². The number of carbonyl (C=O) groups is 1. The molecule has 0 bridgehead atoms. The van der Waals surface area contributed by atoms with E-state index in [2.05, 4.69) is 13.0 Å². The monoisotopic (exact) mass is 484 g/mol. The lowest BCUT2D eigenvalue weighted by Crippen LogP contribution is -2.28. The van der Waals surface area contributed by atoms with Gasteiger partial charge >= 0.3 is 5.97 Å². The Hall–Kier alpha value is -4.44. The maximum Gasteiger partial charge on any atom is 0.352 e. The number of hydrogen-bond donors (Lipinski definition) is 1. The van der Waals surface area contributed by atoms with E-state index in [0.717, 1.165) is 17.5 Å². The van der Waals surface area contributed by atoms with Crippen molar-refractivity contribution in [2.45, 2.75) is 39.2 Å². The average Bonchev–Trinajstić information content (AvgIpc) is 2.88. The highest BCUT2D eigenvalue weighted by molar-refractivity contribution is 5.77. The summed E-state index contributed by atoms with van der Waals surface area (Å²) < 4.78 is 22.7. The molecule has 1 aliphatic rings. The standard InChI is InChI=1S/C29H28N2O5/c1-4-19-9-11-21(12-10-19)34-18(3)29(32)35-23-13-14-24-26(16-23)36-28(31)25(17-30)27(24)20-7-6-8-22(15-20)33-5-2/h6-16,18,27H,4-5,31H2,1-3H3. The number of hydrogen-bond acceptors (Lipinski definition) is 7. The van der Waals surface area contributed by atoms with Crippen molar-refractivity contribution in [2.75, 3.05) is 6.61 Å². The van der Waals surface area contributed by atoms with Crippen LogP contribution in [0, 0.1) is 11.3 Å². The van der Waals surface area contributed by atoms with Gasteiger partial charge < -0.3 is 24.7 Å². The third-order valence-electron chi connectivity index (χ3n) is 5.89. The summed E-state index contributed by atoms with van der Waals surface area (Å²) in [5, 5.41) is 9.79. The molecule has 4 rings (SSSR count). The molecule has 2 N–H and O–H groups in total. The molecule has 7 nitrogen and oxygen atoms in total. The molecule has 2 atom stereocenters. The number of rotatable bonds is 8. The summed E-state index contributed by atoms with van der Waals surface area (Å²) in [5.74, 6) is 0.988. The molecule has 7 heteroatoms. The molecule has 1 aliphatic heterocycles. The lowest BCUT2D eigenvalue weighted by molar-refractivity contribution is -0.141. The second-order valence-corrected chi connectivity index (χ2v) is 8.31. The van der Waals surface area contributed by atoms with Gasteiger partial charge in [-0.2, -0.15) is 5.26 Å². The first-order chi connectivity index (χ1) is 17.4. The van der Waals surface area contributed by atoms with Crippen LogP contribution in [0.2, 0.25) is 0 Å². The van der Waals surface area contributed by atoms with E-state index >= 15 is 0 Å². The van der Waals surface area contributed by atoms with E-state index in [4.69, 9.17) is 24.7 Å². The number of esters is 1. The Morgan fingerprint density at radius 1 is 1.06 bits per heavy atom. The fourth-order valence-corrected chi connectivity index (χ4v) is 4.05. The van der Waals surface area contributed by atoms with Gasteiger partial charge in [-0.3, -0.25) is 0 Å². The van der Waals surface area contributed by atoms with E-state index in [-0.39, 0.29) is 11.6 Å². The molecule has 0 aromatic heterocycles. The molecule has 36 heavy (non-hydrogen) atoms. The molecule has 2 unspecified atom stereocenters. The SMILES string of the molecule is CCOc1cccc(C2C(C#N)=C(N)Oc3cc(OC(=O)C(C)Oc4ccc(CC)cc4)ccc32)c1. The molecule has 0 fully saturated rings. The van der Waals surface area contributed by atoms with E-state index in [1.54, 1.807) is 25.1 Å². The lowest BCUT2D eigenvalue weighted by Gasteiger charge is -2.27.